The highest BCUT2D eigenvalue weighted by Crippen LogP contribution is 2.28. The second-order valence-electron chi connectivity index (χ2n) is 6.84. The average molecular weight is 321 g/mol. The van der Waals surface area contributed by atoms with Crippen LogP contribution in [0, 0.1) is 6.92 Å². The van der Waals surface area contributed by atoms with Crippen molar-refractivity contribution in [3.63, 3.8) is 0 Å². The van der Waals surface area contributed by atoms with E-state index in [0.29, 0.717) is 13.1 Å². The molecule has 0 N–H and O–H groups in total. The van der Waals surface area contributed by atoms with Crippen LogP contribution in [0.15, 0.2) is 36.5 Å². The Balaban J connectivity index is 1.56. The Hall–Kier alpha value is -2.20. The molecule has 24 heavy (non-hydrogen) atoms. The number of carbonyl (C=O) groups is 1. The molecule has 1 unspecified atom stereocenters. The van der Waals surface area contributed by atoms with Gasteiger partial charge in [-0.05, 0) is 48.2 Å². The molecule has 0 bridgehead atoms. The van der Waals surface area contributed by atoms with Crippen molar-refractivity contribution in [3.8, 4) is 0 Å². The van der Waals surface area contributed by atoms with Gasteiger partial charge in [-0.1, -0.05) is 31.2 Å². The second-order valence-corrected chi connectivity index (χ2v) is 6.84. The van der Waals surface area contributed by atoms with Crippen molar-refractivity contribution in [2.45, 2.75) is 45.9 Å². The predicted octanol–water partition coefficient (Wildman–Crippen LogP) is 2.68. The third-order valence-electron chi connectivity index (χ3n) is 5.29. The van der Waals surface area contributed by atoms with Crippen LogP contribution in [-0.2, 0) is 30.8 Å². The minimum atomic E-state index is -0.0479. The lowest BCUT2D eigenvalue weighted by Crippen LogP contribution is -2.50. The van der Waals surface area contributed by atoms with E-state index < -0.39 is 0 Å². The Labute approximate surface area is 143 Å². The minimum absolute atomic E-state index is 0.0479. The van der Waals surface area contributed by atoms with Crippen LogP contribution in [0.2, 0.25) is 0 Å². The molecule has 124 valence electrons. The number of nitrogens with zero attached hydrogens (tertiary/aromatic N) is 3. The first-order valence-corrected chi connectivity index (χ1v) is 8.69. The number of rotatable bonds is 2. The number of aromatic nitrogens is 1. The Morgan fingerprint density at radius 2 is 1.88 bits per heavy atom. The van der Waals surface area contributed by atoms with Crippen LogP contribution < -0.4 is 0 Å². The highest BCUT2D eigenvalue weighted by atomic mass is 16.2. The summed E-state index contributed by atoms with van der Waals surface area (Å²) < 4.78 is 0. The van der Waals surface area contributed by atoms with Crippen LogP contribution in [0.3, 0.4) is 0 Å². The topological polar surface area (TPSA) is 36.4 Å². The number of hydrogen-bond acceptors (Lipinski definition) is 3. The number of hydrogen-bond donors (Lipinski definition) is 0. The first-order valence-electron chi connectivity index (χ1n) is 8.69. The summed E-state index contributed by atoms with van der Waals surface area (Å²) in [6.45, 7) is 7.31. The highest BCUT2D eigenvalue weighted by Gasteiger charge is 2.35. The molecule has 4 rings (SSSR count). The van der Waals surface area contributed by atoms with Gasteiger partial charge in [0.2, 0.25) is 5.91 Å². The normalized spacial score (nSPS) is 19.9. The van der Waals surface area contributed by atoms with E-state index in [1.807, 2.05) is 18.0 Å². The van der Waals surface area contributed by atoms with Crippen LogP contribution in [0.4, 0.5) is 0 Å². The second kappa shape index (κ2) is 6.02. The number of pyridine rings is 1. The molecule has 1 aromatic heterocycles. The van der Waals surface area contributed by atoms with Crippen molar-refractivity contribution < 1.29 is 4.79 Å². The Bertz CT molecular complexity index is 786. The SMILES string of the molecule is CCN1Cc2ccccc2CC1C(=O)N1Cc2cnc(C)cc2C1. The first kappa shape index (κ1) is 15.3. The lowest BCUT2D eigenvalue weighted by molar-refractivity contribution is -0.138. The summed E-state index contributed by atoms with van der Waals surface area (Å²) >= 11 is 0. The maximum Gasteiger partial charge on any atom is 0.240 e. The summed E-state index contributed by atoms with van der Waals surface area (Å²) in [7, 11) is 0. The lowest BCUT2D eigenvalue weighted by Gasteiger charge is -2.37. The summed E-state index contributed by atoms with van der Waals surface area (Å²) in [4.78, 5) is 21.9. The fourth-order valence-electron chi connectivity index (χ4n) is 3.92. The highest BCUT2D eigenvalue weighted by molar-refractivity contribution is 5.83. The Morgan fingerprint density at radius 1 is 1.12 bits per heavy atom. The molecule has 1 aromatic carbocycles. The van der Waals surface area contributed by atoms with Crippen molar-refractivity contribution in [2.75, 3.05) is 6.54 Å². The fraction of sp³-hybridized carbons (Fsp3) is 0.400. The summed E-state index contributed by atoms with van der Waals surface area (Å²) in [5, 5.41) is 0. The first-order chi connectivity index (χ1) is 11.7. The molecule has 0 spiro atoms. The van der Waals surface area contributed by atoms with Crippen LogP contribution in [0.5, 0.6) is 0 Å². The van der Waals surface area contributed by atoms with Gasteiger partial charge in [0, 0.05) is 31.5 Å². The number of carbonyl (C=O) groups excluding carboxylic acids is 1. The third-order valence-corrected chi connectivity index (χ3v) is 5.29. The number of likely N-dealkylation sites (N-methyl/N-ethyl adjacent to an activating group) is 1. The van der Waals surface area contributed by atoms with Gasteiger partial charge in [0.15, 0.2) is 0 Å². The van der Waals surface area contributed by atoms with Gasteiger partial charge < -0.3 is 4.90 Å². The minimum Gasteiger partial charge on any atom is -0.333 e. The standard InChI is InChI=1S/C20H23N3O/c1-3-22-11-16-7-5-4-6-15(16)9-19(22)20(24)23-12-17-8-14(2)21-10-18(17)13-23/h4-8,10,19H,3,9,11-13H2,1-2H3. The van der Waals surface area contributed by atoms with Gasteiger partial charge >= 0.3 is 0 Å². The van der Waals surface area contributed by atoms with Crippen molar-refractivity contribution in [1.82, 2.24) is 14.8 Å². The fourth-order valence-corrected chi connectivity index (χ4v) is 3.92. The largest absolute Gasteiger partial charge is 0.333 e. The van der Waals surface area contributed by atoms with E-state index in [0.717, 1.165) is 25.2 Å². The van der Waals surface area contributed by atoms with E-state index in [1.54, 1.807) is 0 Å². The zero-order valence-corrected chi connectivity index (χ0v) is 14.3. The molecule has 0 saturated carbocycles. The molecule has 1 atom stereocenters. The maximum atomic E-state index is 13.2. The summed E-state index contributed by atoms with van der Waals surface area (Å²) in [6, 6.07) is 10.6. The van der Waals surface area contributed by atoms with Crippen LogP contribution in [0.25, 0.3) is 0 Å². The summed E-state index contributed by atoms with van der Waals surface area (Å²) in [6.07, 6.45) is 2.73. The maximum absolute atomic E-state index is 13.2. The van der Waals surface area contributed by atoms with Gasteiger partial charge in [-0.15, -0.1) is 0 Å². The van der Waals surface area contributed by atoms with Gasteiger partial charge in [0.05, 0.1) is 6.04 Å². The molecule has 0 saturated heterocycles. The third kappa shape index (κ3) is 2.61. The molecular weight excluding hydrogens is 298 g/mol. The van der Waals surface area contributed by atoms with Crippen molar-refractivity contribution in [1.29, 1.82) is 0 Å². The Kier molecular flexibility index (Phi) is 3.85. The quantitative estimate of drug-likeness (QED) is 0.853. The molecule has 2 aliphatic heterocycles. The van der Waals surface area contributed by atoms with Gasteiger partial charge in [-0.2, -0.15) is 0 Å². The summed E-state index contributed by atoms with van der Waals surface area (Å²) in [5.41, 5.74) is 6.12. The summed E-state index contributed by atoms with van der Waals surface area (Å²) in [5.74, 6) is 0.250. The molecule has 2 aromatic rings. The van der Waals surface area contributed by atoms with Crippen LogP contribution in [0.1, 0.15) is 34.9 Å². The van der Waals surface area contributed by atoms with Crippen molar-refractivity contribution in [3.05, 3.63) is 64.5 Å². The van der Waals surface area contributed by atoms with E-state index in [4.69, 9.17) is 0 Å². The monoisotopic (exact) mass is 321 g/mol. The molecule has 2 aliphatic rings. The zero-order valence-electron chi connectivity index (χ0n) is 14.3. The molecule has 3 heterocycles. The molecular formula is C20H23N3O. The van der Waals surface area contributed by atoms with Crippen molar-refractivity contribution >= 4 is 5.91 Å². The Morgan fingerprint density at radius 3 is 2.67 bits per heavy atom. The van der Waals surface area contributed by atoms with E-state index in [-0.39, 0.29) is 11.9 Å². The van der Waals surface area contributed by atoms with E-state index in [9.17, 15) is 4.79 Å². The van der Waals surface area contributed by atoms with Crippen LogP contribution >= 0.6 is 0 Å². The van der Waals surface area contributed by atoms with Gasteiger partial charge in [0.25, 0.3) is 0 Å². The molecule has 4 heteroatoms. The molecule has 0 fully saturated rings. The average Bonchev–Trinajstić information content (AvgIpc) is 3.03. The van der Waals surface area contributed by atoms with Crippen LogP contribution in [-0.4, -0.2) is 33.3 Å². The van der Waals surface area contributed by atoms with Gasteiger partial charge in [0.1, 0.15) is 0 Å². The van der Waals surface area contributed by atoms with Crippen molar-refractivity contribution in [2.24, 2.45) is 0 Å². The van der Waals surface area contributed by atoms with Gasteiger partial charge in [-0.25, -0.2) is 0 Å². The number of amides is 1. The lowest BCUT2D eigenvalue weighted by atomic mass is 9.93. The zero-order chi connectivity index (χ0) is 16.7. The molecule has 0 aliphatic carbocycles. The number of benzene rings is 1. The smallest absolute Gasteiger partial charge is 0.240 e. The number of fused-ring (bicyclic) bond motifs is 2. The van der Waals surface area contributed by atoms with E-state index in [1.165, 1.54) is 22.3 Å². The van der Waals surface area contributed by atoms with E-state index >= 15 is 0 Å². The predicted molar refractivity (Wildman–Crippen MR) is 93.2 cm³/mol. The molecule has 0 radical (unpaired) electrons. The molecule has 4 nitrogen and oxygen atoms in total. The molecule has 1 amide bonds. The number of aryl methyl sites for hydroxylation is 1. The van der Waals surface area contributed by atoms with E-state index in [2.05, 4.69) is 47.1 Å². The van der Waals surface area contributed by atoms with Gasteiger partial charge in [-0.3, -0.25) is 14.7 Å².